The van der Waals surface area contributed by atoms with Gasteiger partial charge >= 0.3 is 0 Å². The Balaban J connectivity index is 2.10. The standard InChI is InChI=1S/C22H27FIN3O2/c1-14(2)22(3,4)17-12-15(24)9-10-16(17)21(29)26-13-19(28)27-20-18(23)8-6-5-7-11-25-20/h7-12,14H,5-6,13H2,1-4H3,(H,26,29)(H,25,27,28). The van der Waals surface area contributed by atoms with Gasteiger partial charge in [0.05, 0.1) is 6.54 Å². The van der Waals surface area contributed by atoms with E-state index in [1.807, 2.05) is 12.1 Å². The van der Waals surface area contributed by atoms with E-state index < -0.39 is 11.7 Å². The number of nitrogens with zero attached hydrogens (tertiary/aromatic N) is 1. The summed E-state index contributed by atoms with van der Waals surface area (Å²) < 4.78 is 15.0. The van der Waals surface area contributed by atoms with Crippen molar-refractivity contribution in [2.45, 2.75) is 46.0 Å². The van der Waals surface area contributed by atoms with E-state index in [1.165, 1.54) is 12.3 Å². The van der Waals surface area contributed by atoms with Crippen molar-refractivity contribution in [1.29, 1.82) is 0 Å². The molecule has 0 aromatic heterocycles. The lowest BCUT2D eigenvalue weighted by Crippen LogP contribution is -2.40. The average molecular weight is 511 g/mol. The molecule has 2 amide bonds. The predicted molar refractivity (Wildman–Crippen MR) is 122 cm³/mol. The zero-order valence-corrected chi connectivity index (χ0v) is 19.3. The highest BCUT2D eigenvalue weighted by Crippen LogP contribution is 2.34. The molecule has 0 saturated heterocycles. The van der Waals surface area contributed by atoms with Crippen LogP contribution in [0.4, 0.5) is 4.39 Å². The summed E-state index contributed by atoms with van der Waals surface area (Å²) in [4.78, 5) is 28.9. The minimum Gasteiger partial charge on any atom is -0.343 e. The fourth-order valence-corrected chi connectivity index (χ4v) is 3.24. The van der Waals surface area contributed by atoms with Crippen LogP contribution >= 0.6 is 22.6 Å². The van der Waals surface area contributed by atoms with Gasteiger partial charge in [-0.1, -0.05) is 33.8 Å². The summed E-state index contributed by atoms with van der Waals surface area (Å²) in [7, 11) is 0. The summed E-state index contributed by atoms with van der Waals surface area (Å²) in [5.74, 6) is -1.28. The third-order valence-electron chi connectivity index (χ3n) is 5.22. The number of amides is 2. The predicted octanol–water partition coefficient (Wildman–Crippen LogP) is 4.63. The Morgan fingerprint density at radius 3 is 2.69 bits per heavy atom. The maximum absolute atomic E-state index is 14.0. The minimum absolute atomic E-state index is 0.143. The first kappa shape index (κ1) is 23.3. The SMILES string of the molecule is CC(C)C(C)(C)c1cc(I)ccc1C(=O)NCC(=O)NC1=NC=CCCC=C1F. The smallest absolute Gasteiger partial charge is 0.252 e. The monoisotopic (exact) mass is 511 g/mol. The number of halogens is 2. The number of benzene rings is 1. The number of aliphatic imine (C=N–C) groups is 1. The van der Waals surface area contributed by atoms with Crippen LogP contribution < -0.4 is 10.6 Å². The van der Waals surface area contributed by atoms with Crippen molar-refractivity contribution in [3.8, 4) is 0 Å². The lowest BCUT2D eigenvalue weighted by atomic mass is 9.73. The normalized spacial score (nSPS) is 14.6. The van der Waals surface area contributed by atoms with E-state index in [2.05, 4.69) is 65.9 Å². The highest BCUT2D eigenvalue weighted by atomic mass is 127. The Bertz CT molecular complexity index is 873. The van der Waals surface area contributed by atoms with Gasteiger partial charge in [0.25, 0.3) is 5.91 Å². The number of rotatable bonds is 5. The van der Waals surface area contributed by atoms with Gasteiger partial charge in [-0.2, -0.15) is 0 Å². The Morgan fingerprint density at radius 2 is 2.00 bits per heavy atom. The molecule has 1 aliphatic heterocycles. The molecule has 0 bridgehead atoms. The van der Waals surface area contributed by atoms with Crippen molar-refractivity contribution in [1.82, 2.24) is 10.6 Å². The lowest BCUT2D eigenvalue weighted by Gasteiger charge is -2.32. The van der Waals surface area contributed by atoms with Gasteiger partial charge in [0.15, 0.2) is 11.7 Å². The molecule has 0 fully saturated rings. The van der Waals surface area contributed by atoms with Crippen LogP contribution in [0.1, 0.15) is 56.5 Å². The number of amidine groups is 1. The van der Waals surface area contributed by atoms with Gasteiger partial charge in [0.2, 0.25) is 5.91 Å². The summed E-state index contributed by atoms with van der Waals surface area (Å²) in [6.07, 6.45) is 5.87. The van der Waals surface area contributed by atoms with E-state index in [1.54, 1.807) is 12.1 Å². The molecule has 0 atom stereocenters. The van der Waals surface area contributed by atoms with Crippen molar-refractivity contribution < 1.29 is 14.0 Å². The Kier molecular flexibility index (Phi) is 8.13. The second-order valence-electron chi connectivity index (χ2n) is 7.79. The van der Waals surface area contributed by atoms with E-state index in [0.29, 0.717) is 24.3 Å². The number of nitrogens with one attached hydrogen (secondary N) is 2. The lowest BCUT2D eigenvalue weighted by molar-refractivity contribution is -0.118. The Labute approximate surface area is 185 Å². The van der Waals surface area contributed by atoms with Gasteiger partial charge in [-0.05, 0) is 76.6 Å². The summed E-state index contributed by atoms with van der Waals surface area (Å²) in [5.41, 5.74) is 1.25. The maximum Gasteiger partial charge on any atom is 0.252 e. The molecule has 0 unspecified atom stereocenters. The minimum atomic E-state index is -0.576. The first-order chi connectivity index (χ1) is 13.6. The molecule has 2 N–H and O–H groups in total. The van der Waals surface area contributed by atoms with Gasteiger partial charge in [-0.15, -0.1) is 0 Å². The molecule has 1 aromatic carbocycles. The molecule has 0 aliphatic carbocycles. The zero-order valence-electron chi connectivity index (χ0n) is 17.2. The second kappa shape index (κ2) is 10.1. The van der Waals surface area contributed by atoms with Crippen LogP contribution in [0.25, 0.3) is 0 Å². The van der Waals surface area contributed by atoms with Gasteiger partial charge in [-0.3, -0.25) is 9.59 Å². The molecule has 1 heterocycles. The topological polar surface area (TPSA) is 70.6 Å². The van der Waals surface area contributed by atoms with E-state index in [4.69, 9.17) is 0 Å². The fourth-order valence-electron chi connectivity index (χ4n) is 2.75. The number of hydrogen-bond acceptors (Lipinski definition) is 3. The molecule has 29 heavy (non-hydrogen) atoms. The Morgan fingerprint density at radius 1 is 1.28 bits per heavy atom. The number of carbonyl (C=O) groups excluding carboxylic acids is 2. The molecule has 0 saturated carbocycles. The van der Waals surface area contributed by atoms with Gasteiger partial charge < -0.3 is 10.6 Å². The van der Waals surface area contributed by atoms with Crippen molar-refractivity contribution in [2.75, 3.05) is 6.54 Å². The highest BCUT2D eigenvalue weighted by molar-refractivity contribution is 14.1. The van der Waals surface area contributed by atoms with Crippen LogP contribution in [0.3, 0.4) is 0 Å². The quantitative estimate of drug-likeness (QED) is 0.567. The van der Waals surface area contributed by atoms with E-state index in [9.17, 15) is 14.0 Å². The first-order valence-electron chi connectivity index (χ1n) is 9.60. The molecular formula is C22H27FIN3O2. The molecular weight excluding hydrogens is 484 g/mol. The number of allylic oxidation sites excluding steroid dienone is 2. The molecule has 0 radical (unpaired) electrons. The number of hydrogen-bond donors (Lipinski definition) is 2. The summed E-state index contributed by atoms with van der Waals surface area (Å²) in [6.45, 7) is 8.15. The van der Waals surface area contributed by atoms with E-state index in [-0.39, 0.29) is 23.7 Å². The van der Waals surface area contributed by atoms with Crippen molar-refractivity contribution in [3.63, 3.8) is 0 Å². The molecule has 2 rings (SSSR count). The van der Waals surface area contributed by atoms with E-state index >= 15 is 0 Å². The molecule has 0 spiro atoms. The summed E-state index contributed by atoms with van der Waals surface area (Å²) in [6, 6.07) is 5.65. The third kappa shape index (κ3) is 6.22. The van der Waals surface area contributed by atoms with Crippen molar-refractivity contribution in [2.24, 2.45) is 10.9 Å². The van der Waals surface area contributed by atoms with Gasteiger partial charge in [-0.25, -0.2) is 9.38 Å². The molecule has 1 aliphatic rings. The van der Waals surface area contributed by atoms with Gasteiger partial charge in [0, 0.05) is 15.3 Å². The highest BCUT2D eigenvalue weighted by Gasteiger charge is 2.29. The van der Waals surface area contributed by atoms with Crippen LogP contribution in [0.15, 0.2) is 47.4 Å². The third-order valence-corrected chi connectivity index (χ3v) is 5.89. The van der Waals surface area contributed by atoms with Crippen LogP contribution in [0.2, 0.25) is 0 Å². The average Bonchev–Trinajstić information content (AvgIpc) is 2.65. The van der Waals surface area contributed by atoms with Crippen molar-refractivity contribution in [3.05, 3.63) is 57.1 Å². The van der Waals surface area contributed by atoms with Gasteiger partial charge in [0.1, 0.15) is 0 Å². The maximum atomic E-state index is 14.0. The Hall–Kier alpha value is -2.03. The molecule has 7 heteroatoms. The molecule has 1 aromatic rings. The van der Waals surface area contributed by atoms with Crippen LogP contribution in [0, 0.1) is 9.49 Å². The van der Waals surface area contributed by atoms with Crippen LogP contribution in [-0.2, 0) is 10.2 Å². The fraction of sp³-hybridized carbons (Fsp3) is 0.409. The summed E-state index contributed by atoms with van der Waals surface area (Å²) in [5, 5.41) is 5.05. The van der Waals surface area contributed by atoms with Crippen molar-refractivity contribution >= 4 is 40.2 Å². The molecule has 5 nitrogen and oxygen atoms in total. The second-order valence-corrected chi connectivity index (χ2v) is 9.03. The summed E-state index contributed by atoms with van der Waals surface area (Å²) >= 11 is 2.22. The van der Waals surface area contributed by atoms with E-state index in [0.717, 1.165) is 9.13 Å². The van der Waals surface area contributed by atoms with Crippen LogP contribution in [0.5, 0.6) is 0 Å². The van der Waals surface area contributed by atoms with Crippen LogP contribution in [-0.4, -0.2) is 24.2 Å². The first-order valence-corrected chi connectivity index (χ1v) is 10.7. The number of carbonyl (C=O) groups is 2. The largest absolute Gasteiger partial charge is 0.343 e. The molecule has 156 valence electrons. The zero-order chi connectivity index (χ0) is 21.6.